The number of amides is 1. The number of aryl methyl sites for hydroxylation is 1. The van der Waals surface area contributed by atoms with Gasteiger partial charge in [-0.1, -0.05) is 23.7 Å². The van der Waals surface area contributed by atoms with E-state index in [1.807, 2.05) is 31.3 Å². The molecule has 0 bridgehead atoms. The number of aromatic nitrogens is 3. The molecule has 8 heteroatoms. The highest BCUT2D eigenvalue weighted by Gasteiger charge is 2.20. The van der Waals surface area contributed by atoms with Gasteiger partial charge in [0.2, 0.25) is 6.41 Å². The number of fused-ring (bicyclic) bond motifs is 1. The first-order chi connectivity index (χ1) is 16.0. The van der Waals surface area contributed by atoms with Gasteiger partial charge < -0.3 is 20.1 Å². The van der Waals surface area contributed by atoms with Gasteiger partial charge in [-0.3, -0.25) is 4.79 Å². The first-order valence-corrected chi connectivity index (χ1v) is 11.3. The van der Waals surface area contributed by atoms with Crippen molar-refractivity contribution in [3.05, 3.63) is 59.4 Å². The Morgan fingerprint density at radius 2 is 1.85 bits per heavy atom. The number of nitrogens with one attached hydrogen (secondary N) is 2. The normalized spacial score (nSPS) is 14.6. The number of aromatic amines is 1. The third-order valence-electron chi connectivity index (χ3n) is 6.25. The Morgan fingerprint density at radius 3 is 2.58 bits per heavy atom. The Labute approximate surface area is 197 Å². The molecule has 1 aromatic carbocycles. The van der Waals surface area contributed by atoms with E-state index >= 15 is 0 Å². The van der Waals surface area contributed by atoms with Crippen LogP contribution < -0.4 is 10.2 Å². The fourth-order valence-corrected chi connectivity index (χ4v) is 4.58. The number of hydrogen-bond donors (Lipinski definition) is 2. The van der Waals surface area contributed by atoms with Crippen molar-refractivity contribution in [2.24, 2.45) is 0 Å². The maximum atomic E-state index is 11.1. The van der Waals surface area contributed by atoms with Crippen molar-refractivity contribution in [2.45, 2.75) is 6.92 Å². The Balaban J connectivity index is 1.61. The molecular formula is C25H25ClN6O. The van der Waals surface area contributed by atoms with Crippen molar-refractivity contribution >= 4 is 40.5 Å². The third-order valence-corrected chi connectivity index (χ3v) is 6.56. The van der Waals surface area contributed by atoms with Crippen LogP contribution in [0.1, 0.15) is 5.56 Å². The van der Waals surface area contributed by atoms with Gasteiger partial charge in [0.05, 0.1) is 10.7 Å². The minimum atomic E-state index is 0.616. The molecule has 2 N–H and O–H groups in total. The van der Waals surface area contributed by atoms with Crippen LogP contribution in [0.15, 0.2) is 48.8 Å². The average Bonchev–Trinajstić information content (AvgIpc) is 3.22. The Bertz CT molecular complexity index is 1310. The van der Waals surface area contributed by atoms with Crippen molar-refractivity contribution in [1.82, 2.24) is 19.9 Å². The number of rotatable bonds is 5. The van der Waals surface area contributed by atoms with E-state index in [-0.39, 0.29) is 0 Å². The fourth-order valence-electron chi connectivity index (χ4n) is 4.33. The van der Waals surface area contributed by atoms with Gasteiger partial charge in [-0.15, -0.1) is 0 Å². The number of carbonyl (C=O) groups is 1. The van der Waals surface area contributed by atoms with Gasteiger partial charge in [0.25, 0.3) is 0 Å². The van der Waals surface area contributed by atoms with E-state index < -0.39 is 0 Å². The predicted octanol–water partition coefficient (Wildman–Crippen LogP) is 4.57. The number of piperazine rings is 1. The number of H-pyrrole nitrogens is 1. The van der Waals surface area contributed by atoms with Crippen molar-refractivity contribution < 1.29 is 4.79 Å². The number of pyridine rings is 2. The molecule has 0 aliphatic carbocycles. The van der Waals surface area contributed by atoms with Crippen LogP contribution in [-0.2, 0) is 4.79 Å². The van der Waals surface area contributed by atoms with Crippen LogP contribution in [0.5, 0.6) is 0 Å². The number of halogens is 1. The first kappa shape index (κ1) is 21.4. The molecule has 1 saturated heterocycles. The summed E-state index contributed by atoms with van der Waals surface area (Å²) in [5.41, 5.74) is 6.16. The van der Waals surface area contributed by atoms with Gasteiger partial charge in [0, 0.05) is 60.8 Å². The minimum absolute atomic E-state index is 0.616. The largest absolute Gasteiger partial charge is 0.354 e. The van der Waals surface area contributed by atoms with Crippen LogP contribution in [0.2, 0.25) is 5.02 Å². The van der Waals surface area contributed by atoms with Crippen molar-refractivity contribution in [3.8, 4) is 22.4 Å². The van der Waals surface area contributed by atoms with E-state index in [1.165, 1.54) is 0 Å². The molecule has 0 spiro atoms. The summed E-state index contributed by atoms with van der Waals surface area (Å²) in [6, 6.07) is 11.9. The second-order valence-electron chi connectivity index (χ2n) is 8.38. The molecule has 1 amide bonds. The Kier molecular flexibility index (Phi) is 5.74. The standard InChI is InChI=1S/C25H25ClN6O/c1-16-3-4-17(13-20(16)29-15-33)22-23-19(26)7-8-27-25(23)30-24(22)18-5-6-21(28-14-18)32-11-9-31(2)10-12-32/h3-8,13-15H,9-12H2,1-2H3,(H,27,30)(H,29,33). The molecular weight excluding hydrogens is 436 g/mol. The monoisotopic (exact) mass is 460 g/mol. The second kappa shape index (κ2) is 8.84. The lowest BCUT2D eigenvalue weighted by Crippen LogP contribution is -2.44. The summed E-state index contributed by atoms with van der Waals surface area (Å²) in [5.74, 6) is 0.980. The van der Waals surface area contributed by atoms with Crippen molar-refractivity contribution in [1.29, 1.82) is 0 Å². The lowest BCUT2D eigenvalue weighted by molar-refractivity contribution is -0.105. The number of hydrogen-bond acceptors (Lipinski definition) is 5. The van der Waals surface area contributed by atoms with E-state index in [4.69, 9.17) is 16.6 Å². The molecule has 0 unspecified atom stereocenters. The highest BCUT2D eigenvalue weighted by molar-refractivity contribution is 6.36. The number of carbonyl (C=O) groups excluding carboxylic acids is 1. The van der Waals surface area contributed by atoms with Crippen LogP contribution in [0.4, 0.5) is 11.5 Å². The van der Waals surface area contributed by atoms with Gasteiger partial charge in [0.15, 0.2) is 0 Å². The van der Waals surface area contributed by atoms with E-state index in [0.717, 1.165) is 71.0 Å². The van der Waals surface area contributed by atoms with Gasteiger partial charge in [-0.05, 0) is 49.4 Å². The lowest BCUT2D eigenvalue weighted by Gasteiger charge is -2.33. The Hall–Kier alpha value is -3.42. The molecule has 0 saturated carbocycles. The fraction of sp³-hybridized carbons (Fsp3) is 0.240. The molecule has 7 nitrogen and oxygen atoms in total. The molecule has 4 aromatic rings. The number of likely N-dealkylation sites (N-methyl/N-ethyl adjacent to an activating group) is 1. The number of anilines is 2. The molecule has 3 aromatic heterocycles. The van der Waals surface area contributed by atoms with Crippen LogP contribution in [0.25, 0.3) is 33.4 Å². The number of nitrogens with zero attached hydrogens (tertiary/aromatic N) is 4. The zero-order chi connectivity index (χ0) is 22.9. The summed E-state index contributed by atoms with van der Waals surface area (Å²) in [5, 5.41) is 4.25. The zero-order valence-electron chi connectivity index (χ0n) is 18.6. The molecule has 1 aliphatic rings. The predicted molar refractivity (Wildman–Crippen MR) is 134 cm³/mol. The van der Waals surface area contributed by atoms with Crippen LogP contribution in [-0.4, -0.2) is 59.5 Å². The maximum Gasteiger partial charge on any atom is 0.211 e. The summed E-state index contributed by atoms with van der Waals surface area (Å²) in [6.07, 6.45) is 4.28. The SMILES string of the molecule is Cc1ccc(-c2c(-c3ccc(N4CCN(C)CC4)nc3)[nH]c3nccc(Cl)c23)cc1NC=O. The molecule has 33 heavy (non-hydrogen) atoms. The zero-order valence-corrected chi connectivity index (χ0v) is 19.4. The van der Waals surface area contributed by atoms with Crippen molar-refractivity contribution in [3.63, 3.8) is 0 Å². The van der Waals surface area contributed by atoms with Crippen LogP contribution >= 0.6 is 11.6 Å². The summed E-state index contributed by atoms with van der Waals surface area (Å²) < 4.78 is 0. The second-order valence-corrected chi connectivity index (χ2v) is 8.79. The van der Waals surface area contributed by atoms with Gasteiger partial charge in [-0.2, -0.15) is 0 Å². The van der Waals surface area contributed by atoms with Gasteiger partial charge in [-0.25, -0.2) is 9.97 Å². The average molecular weight is 461 g/mol. The van der Waals surface area contributed by atoms with Crippen molar-refractivity contribution in [2.75, 3.05) is 43.4 Å². The van der Waals surface area contributed by atoms with E-state index in [2.05, 4.69) is 44.3 Å². The highest BCUT2D eigenvalue weighted by atomic mass is 35.5. The summed E-state index contributed by atoms with van der Waals surface area (Å²) in [7, 11) is 2.14. The topological polar surface area (TPSA) is 77.2 Å². The summed E-state index contributed by atoms with van der Waals surface area (Å²) in [6.45, 7) is 5.96. The van der Waals surface area contributed by atoms with Gasteiger partial charge in [0.1, 0.15) is 11.5 Å². The molecule has 0 radical (unpaired) electrons. The smallest absolute Gasteiger partial charge is 0.211 e. The first-order valence-electron chi connectivity index (χ1n) is 10.9. The molecule has 5 rings (SSSR count). The van der Waals surface area contributed by atoms with E-state index in [0.29, 0.717) is 17.1 Å². The molecule has 0 atom stereocenters. The van der Waals surface area contributed by atoms with E-state index in [1.54, 1.807) is 12.3 Å². The van der Waals surface area contributed by atoms with Crippen LogP contribution in [0.3, 0.4) is 0 Å². The molecule has 168 valence electrons. The quantitative estimate of drug-likeness (QED) is 0.426. The highest BCUT2D eigenvalue weighted by Crippen LogP contribution is 2.41. The Morgan fingerprint density at radius 1 is 1.06 bits per heavy atom. The molecule has 1 aliphatic heterocycles. The minimum Gasteiger partial charge on any atom is -0.354 e. The molecule has 4 heterocycles. The number of benzene rings is 1. The summed E-state index contributed by atoms with van der Waals surface area (Å²) in [4.78, 5) is 28.5. The third kappa shape index (κ3) is 4.05. The lowest BCUT2D eigenvalue weighted by atomic mass is 9.98. The summed E-state index contributed by atoms with van der Waals surface area (Å²) >= 11 is 6.63. The van der Waals surface area contributed by atoms with E-state index in [9.17, 15) is 4.79 Å². The van der Waals surface area contributed by atoms with Gasteiger partial charge >= 0.3 is 0 Å². The maximum absolute atomic E-state index is 11.1. The van der Waals surface area contributed by atoms with Crippen LogP contribution in [0, 0.1) is 6.92 Å². The molecule has 1 fully saturated rings.